The highest BCUT2D eigenvalue weighted by Gasteiger charge is 2.32. The van der Waals surface area contributed by atoms with E-state index in [1.54, 1.807) is 0 Å². The van der Waals surface area contributed by atoms with E-state index in [1.165, 1.54) is 77.0 Å². The number of carboxylic acids is 1. The number of hydrogen-bond acceptors (Lipinski definition) is 3. The molecule has 0 bridgehead atoms. The van der Waals surface area contributed by atoms with Crippen molar-refractivity contribution in [2.24, 2.45) is 11.8 Å². The molecule has 1 rings (SSSR count). The molecule has 0 aromatic heterocycles. The molecule has 0 amide bonds. The number of unbranched alkanes of at least 4 members (excludes halogenated alkanes) is 12. The Balaban J connectivity index is 2.35. The number of esters is 1. The van der Waals surface area contributed by atoms with Gasteiger partial charge < -0.3 is 9.84 Å². The predicted molar refractivity (Wildman–Crippen MR) is 128 cm³/mol. The van der Waals surface area contributed by atoms with E-state index in [-0.39, 0.29) is 23.9 Å². The summed E-state index contributed by atoms with van der Waals surface area (Å²) >= 11 is 0. The van der Waals surface area contributed by atoms with Gasteiger partial charge in [0.05, 0.1) is 11.8 Å². The standard InChI is InChI=1S/C27H50O4/c1-3-5-7-9-10-11-12-14-16-21-25(20-15-13-8-6-4-2)31-27(30)24-19-17-18-23(22-24)26(28)29/h23-25H,3-22H2,1-2H3,(H,28,29). The summed E-state index contributed by atoms with van der Waals surface area (Å²) in [6.45, 7) is 4.48. The van der Waals surface area contributed by atoms with Crippen molar-refractivity contribution in [1.29, 1.82) is 0 Å². The van der Waals surface area contributed by atoms with Gasteiger partial charge in [-0.1, -0.05) is 97.3 Å². The molecule has 0 aromatic carbocycles. The average molecular weight is 439 g/mol. The van der Waals surface area contributed by atoms with Gasteiger partial charge in [-0.25, -0.2) is 0 Å². The first kappa shape index (κ1) is 28.0. The van der Waals surface area contributed by atoms with Crippen LogP contribution in [0, 0.1) is 11.8 Å². The Bertz CT molecular complexity index is 462. The maximum atomic E-state index is 12.8. The minimum Gasteiger partial charge on any atom is -0.481 e. The molecule has 0 aliphatic heterocycles. The van der Waals surface area contributed by atoms with Crippen molar-refractivity contribution in [2.45, 2.75) is 148 Å². The van der Waals surface area contributed by atoms with Crippen molar-refractivity contribution in [1.82, 2.24) is 0 Å². The molecular formula is C27H50O4. The Kier molecular flexibility index (Phi) is 16.7. The van der Waals surface area contributed by atoms with Crippen LogP contribution in [-0.4, -0.2) is 23.1 Å². The fraction of sp³-hybridized carbons (Fsp3) is 0.926. The van der Waals surface area contributed by atoms with Gasteiger partial charge in [0.15, 0.2) is 0 Å². The summed E-state index contributed by atoms with van der Waals surface area (Å²) in [5.41, 5.74) is 0. The summed E-state index contributed by atoms with van der Waals surface area (Å²) in [4.78, 5) is 24.1. The van der Waals surface area contributed by atoms with Crippen LogP contribution in [0.2, 0.25) is 0 Å². The van der Waals surface area contributed by atoms with E-state index >= 15 is 0 Å². The van der Waals surface area contributed by atoms with Crippen molar-refractivity contribution in [3.05, 3.63) is 0 Å². The van der Waals surface area contributed by atoms with Gasteiger partial charge in [0.2, 0.25) is 0 Å². The highest BCUT2D eigenvalue weighted by molar-refractivity contribution is 5.75. The number of hydrogen-bond donors (Lipinski definition) is 1. The van der Waals surface area contributed by atoms with Crippen LogP contribution in [0.3, 0.4) is 0 Å². The molecule has 1 N–H and O–H groups in total. The highest BCUT2D eigenvalue weighted by atomic mass is 16.5. The summed E-state index contributed by atoms with van der Waals surface area (Å²) in [5.74, 6) is -1.50. The van der Waals surface area contributed by atoms with Crippen molar-refractivity contribution in [3.63, 3.8) is 0 Å². The van der Waals surface area contributed by atoms with E-state index in [4.69, 9.17) is 4.74 Å². The van der Waals surface area contributed by atoms with Crippen LogP contribution in [0.4, 0.5) is 0 Å². The monoisotopic (exact) mass is 438 g/mol. The van der Waals surface area contributed by atoms with E-state index < -0.39 is 5.97 Å². The molecule has 0 heterocycles. The average Bonchev–Trinajstić information content (AvgIpc) is 2.77. The zero-order chi connectivity index (χ0) is 22.7. The van der Waals surface area contributed by atoms with Crippen LogP contribution < -0.4 is 0 Å². The first-order valence-corrected chi connectivity index (χ1v) is 13.5. The Morgan fingerprint density at radius 2 is 1.19 bits per heavy atom. The van der Waals surface area contributed by atoms with Crippen LogP contribution in [0.1, 0.15) is 142 Å². The van der Waals surface area contributed by atoms with Gasteiger partial charge in [-0.2, -0.15) is 0 Å². The fourth-order valence-electron chi connectivity index (χ4n) is 4.81. The third kappa shape index (κ3) is 13.9. The third-order valence-corrected chi connectivity index (χ3v) is 6.90. The first-order valence-electron chi connectivity index (χ1n) is 13.5. The van der Waals surface area contributed by atoms with Crippen molar-refractivity contribution in [3.8, 4) is 0 Å². The zero-order valence-electron chi connectivity index (χ0n) is 20.5. The Hall–Kier alpha value is -1.06. The van der Waals surface area contributed by atoms with Crippen molar-refractivity contribution < 1.29 is 19.4 Å². The van der Waals surface area contributed by atoms with Gasteiger partial charge in [0.25, 0.3) is 0 Å². The van der Waals surface area contributed by atoms with E-state index in [2.05, 4.69) is 13.8 Å². The van der Waals surface area contributed by atoms with E-state index in [9.17, 15) is 14.7 Å². The molecule has 1 aliphatic rings. The quantitative estimate of drug-likeness (QED) is 0.163. The van der Waals surface area contributed by atoms with Gasteiger partial charge in [-0.05, 0) is 44.9 Å². The highest BCUT2D eigenvalue weighted by Crippen LogP contribution is 2.31. The molecular weight excluding hydrogens is 388 g/mol. The van der Waals surface area contributed by atoms with Gasteiger partial charge in [-0.15, -0.1) is 0 Å². The van der Waals surface area contributed by atoms with E-state index in [0.717, 1.165) is 38.5 Å². The molecule has 0 spiro atoms. The topological polar surface area (TPSA) is 63.6 Å². The summed E-state index contributed by atoms with van der Waals surface area (Å²) in [6, 6.07) is 0. The molecule has 0 saturated heterocycles. The maximum Gasteiger partial charge on any atom is 0.309 e. The smallest absolute Gasteiger partial charge is 0.309 e. The lowest BCUT2D eigenvalue weighted by molar-refractivity contribution is -0.158. The van der Waals surface area contributed by atoms with E-state index in [1.807, 2.05) is 0 Å². The number of carbonyl (C=O) groups excluding carboxylic acids is 1. The molecule has 4 heteroatoms. The van der Waals surface area contributed by atoms with Gasteiger partial charge in [0, 0.05) is 0 Å². The largest absolute Gasteiger partial charge is 0.481 e. The summed E-state index contributed by atoms with van der Waals surface area (Å²) < 4.78 is 5.96. The summed E-state index contributed by atoms with van der Waals surface area (Å²) in [6.07, 6.45) is 22.5. The summed E-state index contributed by atoms with van der Waals surface area (Å²) in [7, 11) is 0. The third-order valence-electron chi connectivity index (χ3n) is 6.90. The minimum atomic E-state index is -0.764. The summed E-state index contributed by atoms with van der Waals surface area (Å²) in [5, 5.41) is 9.30. The van der Waals surface area contributed by atoms with Crippen LogP contribution >= 0.6 is 0 Å². The lowest BCUT2D eigenvalue weighted by Gasteiger charge is -2.27. The maximum absolute atomic E-state index is 12.8. The first-order chi connectivity index (χ1) is 15.1. The van der Waals surface area contributed by atoms with Crippen molar-refractivity contribution >= 4 is 11.9 Å². The van der Waals surface area contributed by atoms with Gasteiger partial charge in [-0.3, -0.25) is 9.59 Å². The van der Waals surface area contributed by atoms with E-state index in [0.29, 0.717) is 12.8 Å². The number of carbonyl (C=O) groups is 2. The normalized spacial score (nSPS) is 19.8. The van der Waals surface area contributed by atoms with Crippen LogP contribution in [-0.2, 0) is 14.3 Å². The molecule has 182 valence electrons. The second-order valence-corrected chi connectivity index (χ2v) is 9.78. The predicted octanol–water partition coefficient (Wildman–Crippen LogP) is 8.07. The van der Waals surface area contributed by atoms with Gasteiger partial charge >= 0.3 is 11.9 Å². The Labute approximate surface area is 191 Å². The number of aliphatic carboxylic acids is 1. The SMILES string of the molecule is CCCCCCCCCCCC(CCCCCCC)OC(=O)C1CCCC(C(=O)O)C1. The molecule has 3 atom stereocenters. The van der Waals surface area contributed by atoms with Crippen LogP contribution in [0.5, 0.6) is 0 Å². The lowest BCUT2D eigenvalue weighted by Crippen LogP contribution is -2.31. The number of carboxylic acid groups (broad SMARTS) is 1. The second-order valence-electron chi connectivity index (χ2n) is 9.78. The molecule has 0 radical (unpaired) electrons. The Morgan fingerprint density at radius 1 is 0.742 bits per heavy atom. The van der Waals surface area contributed by atoms with Gasteiger partial charge in [0.1, 0.15) is 6.10 Å². The molecule has 1 aliphatic carbocycles. The molecule has 1 saturated carbocycles. The fourth-order valence-corrected chi connectivity index (χ4v) is 4.81. The second kappa shape index (κ2) is 18.5. The van der Waals surface area contributed by atoms with Crippen LogP contribution in [0.25, 0.3) is 0 Å². The minimum absolute atomic E-state index is 0.0175. The molecule has 1 fully saturated rings. The lowest BCUT2D eigenvalue weighted by atomic mass is 9.81. The molecule has 4 nitrogen and oxygen atoms in total. The van der Waals surface area contributed by atoms with Crippen LogP contribution in [0.15, 0.2) is 0 Å². The number of ether oxygens (including phenoxy) is 1. The zero-order valence-corrected chi connectivity index (χ0v) is 20.5. The number of rotatable bonds is 19. The molecule has 0 aromatic rings. The molecule has 3 unspecified atom stereocenters. The Morgan fingerprint density at radius 3 is 1.68 bits per heavy atom. The van der Waals surface area contributed by atoms with Crippen molar-refractivity contribution in [2.75, 3.05) is 0 Å². The molecule has 31 heavy (non-hydrogen) atoms.